The van der Waals surface area contributed by atoms with Crippen molar-refractivity contribution in [3.05, 3.63) is 35.9 Å². The van der Waals surface area contributed by atoms with Crippen molar-refractivity contribution in [1.29, 1.82) is 0 Å². The number of Topliss-reactive ketones (excluding diaryl/α,β-unsaturated/α-hetero) is 1. The van der Waals surface area contributed by atoms with Crippen LogP contribution in [0.2, 0.25) is 0 Å². The lowest BCUT2D eigenvalue weighted by Crippen LogP contribution is -2.42. The van der Waals surface area contributed by atoms with E-state index in [1.807, 2.05) is 0 Å². The summed E-state index contributed by atoms with van der Waals surface area (Å²) in [6.07, 6.45) is 10.7. The Bertz CT molecular complexity index is 429. The van der Waals surface area contributed by atoms with Gasteiger partial charge in [-0.15, -0.1) is 0 Å². The van der Waals surface area contributed by atoms with Crippen LogP contribution >= 0.6 is 0 Å². The molecule has 2 heteroatoms. The lowest BCUT2D eigenvalue weighted by molar-refractivity contribution is -0.123. The molecular weight excluding hydrogens is 270 g/mol. The van der Waals surface area contributed by atoms with Crippen molar-refractivity contribution in [1.82, 2.24) is 4.90 Å². The van der Waals surface area contributed by atoms with Crippen molar-refractivity contribution < 1.29 is 4.79 Å². The molecule has 1 unspecified atom stereocenters. The largest absolute Gasteiger partial charge is 0.300 e. The second-order valence-electron chi connectivity index (χ2n) is 6.66. The molecule has 1 atom stereocenters. The molecule has 1 aliphatic rings. The third-order valence-corrected chi connectivity index (χ3v) is 4.78. The highest BCUT2D eigenvalue weighted by atomic mass is 16.1. The first-order valence-electron chi connectivity index (χ1n) is 9.09. The van der Waals surface area contributed by atoms with Gasteiger partial charge in [0.05, 0.1) is 0 Å². The molecule has 1 aromatic rings. The average molecular weight is 301 g/mol. The van der Waals surface area contributed by atoms with Gasteiger partial charge in [0.25, 0.3) is 0 Å². The van der Waals surface area contributed by atoms with Crippen LogP contribution in [0.4, 0.5) is 0 Å². The minimum absolute atomic E-state index is 0.459. The summed E-state index contributed by atoms with van der Waals surface area (Å²) in [7, 11) is 0. The summed E-state index contributed by atoms with van der Waals surface area (Å²) in [6.45, 7) is 4.19. The number of likely N-dealkylation sites (tertiary alicyclic amines) is 1. The molecule has 1 saturated heterocycles. The van der Waals surface area contributed by atoms with E-state index in [0.29, 0.717) is 11.8 Å². The maximum absolute atomic E-state index is 11.8. The van der Waals surface area contributed by atoms with Gasteiger partial charge < -0.3 is 0 Å². The second kappa shape index (κ2) is 9.78. The van der Waals surface area contributed by atoms with Gasteiger partial charge in [-0.1, -0.05) is 75.8 Å². The summed E-state index contributed by atoms with van der Waals surface area (Å²) in [5.41, 5.74) is 1.37. The fourth-order valence-electron chi connectivity index (χ4n) is 3.42. The second-order valence-corrected chi connectivity index (χ2v) is 6.66. The first-order valence-corrected chi connectivity index (χ1v) is 9.09. The zero-order valence-corrected chi connectivity index (χ0v) is 14.1. The van der Waals surface area contributed by atoms with Gasteiger partial charge in [-0.25, -0.2) is 0 Å². The van der Waals surface area contributed by atoms with E-state index in [-0.39, 0.29) is 0 Å². The zero-order valence-electron chi connectivity index (χ0n) is 14.1. The van der Waals surface area contributed by atoms with Gasteiger partial charge in [-0.05, 0) is 12.0 Å². The molecule has 0 aromatic heterocycles. The summed E-state index contributed by atoms with van der Waals surface area (Å²) >= 11 is 0. The molecule has 0 aliphatic carbocycles. The fraction of sp³-hybridized carbons (Fsp3) is 0.650. The van der Waals surface area contributed by atoms with Crippen LogP contribution in [0.5, 0.6) is 0 Å². The van der Waals surface area contributed by atoms with E-state index >= 15 is 0 Å². The molecule has 0 radical (unpaired) electrons. The molecule has 0 saturated carbocycles. The Balaban J connectivity index is 1.78. The molecule has 1 fully saturated rings. The molecular formula is C20H31NO. The normalized spacial score (nSPS) is 19.5. The average Bonchev–Trinajstić information content (AvgIpc) is 2.54. The Morgan fingerprint density at radius 1 is 1.05 bits per heavy atom. The van der Waals surface area contributed by atoms with Crippen LogP contribution in [0.3, 0.4) is 0 Å². The van der Waals surface area contributed by atoms with E-state index in [1.54, 1.807) is 0 Å². The van der Waals surface area contributed by atoms with Crippen LogP contribution in [0.25, 0.3) is 0 Å². The Hall–Kier alpha value is -1.15. The maximum Gasteiger partial charge on any atom is 0.135 e. The summed E-state index contributed by atoms with van der Waals surface area (Å²) < 4.78 is 0. The highest BCUT2D eigenvalue weighted by molar-refractivity contribution is 5.79. The summed E-state index contributed by atoms with van der Waals surface area (Å²) in [6, 6.07) is 11.1. The molecule has 2 rings (SSSR count). The number of piperidine rings is 1. The lowest BCUT2D eigenvalue weighted by Gasteiger charge is -2.35. The Morgan fingerprint density at radius 3 is 2.55 bits per heavy atom. The third kappa shape index (κ3) is 5.92. The smallest absolute Gasteiger partial charge is 0.135 e. The van der Waals surface area contributed by atoms with Gasteiger partial charge in [-0.2, -0.15) is 0 Å². The molecule has 1 heterocycles. The standard InChI is InChI=1S/C20H31NO/c1-2-3-4-5-6-10-13-19-16-20(22)14-15-21(19)17-18-11-8-7-9-12-18/h7-9,11-12,19H,2-6,10,13-17H2,1H3. The van der Waals surface area contributed by atoms with E-state index in [4.69, 9.17) is 0 Å². The zero-order chi connectivity index (χ0) is 15.6. The van der Waals surface area contributed by atoms with Gasteiger partial charge in [-0.3, -0.25) is 9.69 Å². The van der Waals surface area contributed by atoms with Gasteiger partial charge in [0, 0.05) is 32.0 Å². The Labute approximate surface area is 135 Å². The van der Waals surface area contributed by atoms with E-state index < -0.39 is 0 Å². The fourth-order valence-corrected chi connectivity index (χ4v) is 3.42. The van der Waals surface area contributed by atoms with Crippen LogP contribution in [0.1, 0.15) is 70.3 Å². The van der Waals surface area contributed by atoms with Crippen LogP contribution in [-0.2, 0) is 11.3 Å². The van der Waals surface area contributed by atoms with Crippen molar-refractivity contribution in [2.45, 2.75) is 77.3 Å². The molecule has 1 aliphatic heterocycles. The monoisotopic (exact) mass is 301 g/mol. The van der Waals surface area contributed by atoms with Gasteiger partial charge in [0.15, 0.2) is 0 Å². The topological polar surface area (TPSA) is 20.3 Å². The molecule has 0 spiro atoms. The highest BCUT2D eigenvalue weighted by Crippen LogP contribution is 2.22. The predicted molar refractivity (Wildman–Crippen MR) is 92.9 cm³/mol. The van der Waals surface area contributed by atoms with Crippen LogP contribution in [0, 0.1) is 0 Å². The maximum atomic E-state index is 11.8. The predicted octanol–water partition coefficient (Wildman–Crippen LogP) is 4.97. The number of rotatable bonds is 9. The Morgan fingerprint density at radius 2 is 1.77 bits per heavy atom. The third-order valence-electron chi connectivity index (χ3n) is 4.78. The molecule has 2 nitrogen and oxygen atoms in total. The lowest BCUT2D eigenvalue weighted by atomic mass is 9.95. The van der Waals surface area contributed by atoms with Crippen molar-refractivity contribution in [3.8, 4) is 0 Å². The molecule has 122 valence electrons. The van der Waals surface area contributed by atoms with E-state index in [2.05, 4.69) is 42.2 Å². The van der Waals surface area contributed by atoms with Crippen molar-refractivity contribution in [2.24, 2.45) is 0 Å². The highest BCUT2D eigenvalue weighted by Gasteiger charge is 2.26. The number of benzene rings is 1. The van der Waals surface area contributed by atoms with Crippen LogP contribution in [-0.4, -0.2) is 23.3 Å². The summed E-state index contributed by atoms with van der Waals surface area (Å²) in [5, 5.41) is 0. The number of nitrogens with zero attached hydrogens (tertiary/aromatic N) is 1. The van der Waals surface area contributed by atoms with E-state index in [0.717, 1.165) is 25.9 Å². The van der Waals surface area contributed by atoms with Gasteiger partial charge in [0.1, 0.15) is 5.78 Å². The SMILES string of the molecule is CCCCCCCCC1CC(=O)CCN1Cc1ccccc1. The minimum Gasteiger partial charge on any atom is -0.300 e. The number of hydrogen-bond donors (Lipinski definition) is 0. The van der Waals surface area contributed by atoms with Crippen molar-refractivity contribution in [3.63, 3.8) is 0 Å². The number of hydrogen-bond acceptors (Lipinski definition) is 2. The summed E-state index contributed by atoms with van der Waals surface area (Å²) in [4.78, 5) is 14.3. The van der Waals surface area contributed by atoms with Gasteiger partial charge in [0.2, 0.25) is 0 Å². The quantitative estimate of drug-likeness (QED) is 0.600. The molecule has 0 N–H and O–H groups in total. The first-order chi connectivity index (χ1) is 10.8. The number of ketones is 1. The number of carbonyl (C=O) groups excluding carboxylic acids is 1. The molecule has 1 aromatic carbocycles. The first kappa shape index (κ1) is 17.2. The summed E-state index contributed by atoms with van der Waals surface area (Å²) in [5.74, 6) is 0.459. The van der Waals surface area contributed by atoms with E-state index in [1.165, 1.54) is 50.5 Å². The number of carbonyl (C=O) groups is 1. The van der Waals surface area contributed by atoms with Crippen LogP contribution < -0.4 is 0 Å². The van der Waals surface area contributed by atoms with E-state index in [9.17, 15) is 4.79 Å². The molecule has 22 heavy (non-hydrogen) atoms. The van der Waals surface area contributed by atoms with Gasteiger partial charge >= 0.3 is 0 Å². The molecule has 0 bridgehead atoms. The minimum atomic E-state index is 0.459. The molecule has 0 amide bonds. The number of unbranched alkanes of at least 4 members (excludes halogenated alkanes) is 5. The van der Waals surface area contributed by atoms with Crippen molar-refractivity contribution in [2.75, 3.05) is 6.54 Å². The van der Waals surface area contributed by atoms with Crippen molar-refractivity contribution >= 4 is 5.78 Å². The van der Waals surface area contributed by atoms with Crippen LogP contribution in [0.15, 0.2) is 30.3 Å². The Kier molecular flexibility index (Phi) is 7.65.